The van der Waals surface area contributed by atoms with E-state index in [2.05, 4.69) is 30.6 Å². The van der Waals surface area contributed by atoms with Crippen LogP contribution in [0.1, 0.15) is 24.1 Å². The number of fused-ring (bicyclic) bond motifs is 4. The van der Waals surface area contributed by atoms with E-state index in [1.54, 1.807) is 28.8 Å². The average Bonchev–Trinajstić information content (AvgIpc) is 3.49. The zero-order chi connectivity index (χ0) is 21.1. The Morgan fingerprint density at radius 1 is 1.10 bits per heavy atom. The lowest BCUT2D eigenvalue weighted by atomic mass is 9.97. The number of alkyl halides is 2. The van der Waals surface area contributed by atoms with Crippen molar-refractivity contribution in [2.24, 2.45) is 7.05 Å². The number of benzene rings is 1. The molecule has 6 rings (SSSR count). The van der Waals surface area contributed by atoms with Gasteiger partial charge in [0, 0.05) is 7.05 Å². The number of nitrogens with one attached hydrogen (secondary N) is 1. The molecule has 0 fully saturated rings. The molecular weight excluding hydrogens is 404 g/mol. The minimum absolute atomic E-state index is 0.231. The first-order chi connectivity index (χ1) is 15.1. The highest BCUT2D eigenvalue weighted by Crippen LogP contribution is 2.41. The number of hydrogen-bond acceptors (Lipinski definition) is 6. The fourth-order valence-electron chi connectivity index (χ4n) is 4.15. The van der Waals surface area contributed by atoms with Crippen LogP contribution in [0.5, 0.6) is 0 Å². The molecule has 2 atom stereocenters. The topological polar surface area (TPSA) is 90.8 Å². The first kappa shape index (κ1) is 17.9. The molecule has 5 aromatic rings. The quantitative estimate of drug-likeness (QED) is 0.481. The summed E-state index contributed by atoms with van der Waals surface area (Å²) in [5, 5.41) is 17.1. The minimum atomic E-state index is -2.55. The van der Waals surface area contributed by atoms with Gasteiger partial charge in [0.2, 0.25) is 0 Å². The smallest absolute Gasteiger partial charge is 0.260 e. The Balaban J connectivity index is 1.49. The highest BCUT2D eigenvalue weighted by molar-refractivity contribution is 5.89. The highest BCUT2D eigenvalue weighted by atomic mass is 19.3. The lowest BCUT2D eigenvalue weighted by molar-refractivity contribution is 0.0659. The van der Waals surface area contributed by atoms with E-state index in [-0.39, 0.29) is 12.5 Å². The van der Waals surface area contributed by atoms with Gasteiger partial charge in [-0.3, -0.25) is 4.68 Å². The van der Waals surface area contributed by atoms with Crippen molar-refractivity contribution in [3.63, 3.8) is 0 Å². The molecule has 11 heteroatoms. The van der Waals surface area contributed by atoms with Crippen molar-refractivity contribution >= 4 is 22.5 Å². The molecule has 0 unspecified atom stereocenters. The molecule has 1 aliphatic heterocycles. The Bertz CT molecular complexity index is 1400. The van der Waals surface area contributed by atoms with Crippen LogP contribution in [0, 0.1) is 0 Å². The molecule has 4 aromatic heterocycles. The molecule has 5 heterocycles. The van der Waals surface area contributed by atoms with Crippen LogP contribution in [0.2, 0.25) is 0 Å². The fourth-order valence-corrected chi connectivity index (χ4v) is 4.15. The van der Waals surface area contributed by atoms with Crippen LogP contribution < -0.4 is 5.32 Å². The maximum Gasteiger partial charge on any atom is 0.260 e. The normalized spacial score (nSPS) is 18.6. The standard InChI is InChI=1S/C20H17F2N9/c1-29-18-13(9-24-29)19-27-17(28-30(19)10-23-18)12-8-25-31-15(16(21)22)7-14(26-20(12)31)11-5-3-2-4-6-11/h2-6,8-10,14-16,26H,7H2,1H3/t14-,15-/m1/s1. The van der Waals surface area contributed by atoms with Gasteiger partial charge in [-0.1, -0.05) is 30.3 Å². The summed E-state index contributed by atoms with van der Waals surface area (Å²) >= 11 is 0. The number of halogens is 2. The van der Waals surface area contributed by atoms with E-state index in [0.717, 1.165) is 10.9 Å². The Labute approximate surface area is 174 Å². The molecule has 0 saturated carbocycles. The number of aryl methyl sites for hydroxylation is 1. The van der Waals surface area contributed by atoms with Gasteiger partial charge < -0.3 is 5.32 Å². The van der Waals surface area contributed by atoms with E-state index in [0.29, 0.717) is 28.5 Å². The van der Waals surface area contributed by atoms with E-state index >= 15 is 0 Å². The van der Waals surface area contributed by atoms with Gasteiger partial charge in [-0.25, -0.2) is 27.9 Å². The molecule has 31 heavy (non-hydrogen) atoms. The van der Waals surface area contributed by atoms with E-state index in [1.807, 2.05) is 30.3 Å². The van der Waals surface area contributed by atoms with Crippen molar-refractivity contribution in [3.8, 4) is 11.4 Å². The predicted octanol–water partition coefficient (Wildman–Crippen LogP) is 3.24. The molecule has 156 valence electrons. The molecule has 9 nitrogen and oxygen atoms in total. The van der Waals surface area contributed by atoms with Gasteiger partial charge in [-0.2, -0.15) is 10.2 Å². The van der Waals surface area contributed by atoms with Crippen molar-refractivity contribution in [3.05, 3.63) is 54.6 Å². The summed E-state index contributed by atoms with van der Waals surface area (Å²) in [6.45, 7) is 0. The number of nitrogens with zero attached hydrogens (tertiary/aromatic N) is 8. The summed E-state index contributed by atoms with van der Waals surface area (Å²) in [4.78, 5) is 9.01. The van der Waals surface area contributed by atoms with Crippen LogP contribution in [0.15, 0.2) is 49.1 Å². The maximum absolute atomic E-state index is 13.9. The van der Waals surface area contributed by atoms with Crippen LogP contribution in [0.4, 0.5) is 14.6 Å². The van der Waals surface area contributed by atoms with E-state index < -0.39 is 12.5 Å². The predicted molar refractivity (Wildman–Crippen MR) is 109 cm³/mol. The number of anilines is 1. The van der Waals surface area contributed by atoms with Crippen molar-refractivity contribution in [1.82, 2.24) is 39.1 Å². The second-order valence-corrected chi connectivity index (χ2v) is 7.55. The molecule has 0 amide bonds. The first-order valence-electron chi connectivity index (χ1n) is 9.81. The van der Waals surface area contributed by atoms with E-state index in [1.165, 1.54) is 10.9 Å². The van der Waals surface area contributed by atoms with Crippen LogP contribution in [0.3, 0.4) is 0 Å². The van der Waals surface area contributed by atoms with Crippen molar-refractivity contribution < 1.29 is 8.78 Å². The maximum atomic E-state index is 13.9. The highest BCUT2D eigenvalue weighted by Gasteiger charge is 2.36. The van der Waals surface area contributed by atoms with Crippen molar-refractivity contribution in [1.29, 1.82) is 0 Å². The third kappa shape index (κ3) is 2.69. The summed E-state index contributed by atoms with van der Waals surface area (Å²) in [6, 6.07) is 8.25. The molecule has 1 N–H and O–H groups in total. The number of hydrogen-bond donors (Lipinski definition) is 1. The average molecular weight is 421 g/mol. The lowest BCUT2D eigenvalue weighted by Crippen LogP contribution is -2.31. The third-order valence-electron chi connectivity index (χ3n) is 5.70. The third-order valence-corrected chi connectivity index (χ3v) is 5.70. The van der Waals surface area contributed by atoms with Crippen molar-refractivity contribution in [2.45, 2.75) is 24.9 Å². The fraction of sp³-hybridized carbons (Fsp3) is 0.250. The van der Waals surface area contributed by atoms with Gasteiger partial charge in [-0.15, -0.1) is 5.10 Å². The Morgan fingerprint density at radius 2 is 1.94 bits per heavy atom. The largest absolute Gasteiger partial charge is 0.363 e. The monoisotopic (exact) mass is 421 g/mol. The Morgan fingerprint density at radius 3 is 2.74 bits per heavy atom. The molecule has 0 radical (unpaired) electrons. The summed E-state index contributed by atoms with van der Waals surface area (Å²) in [7, 11) is 1.80. The van der Waals surface area contributed by atoms with Gasteiger partial charge in [0.05, 0.1) is 29.4 Å². The van der Waals surface area contributed by atoms with Gasteiger partial charge in [-0.05, 0) is 12.0 Å². The molecule has 0 spiro atoms. The molecular formula is C20H17F2N9. The zero-order valence-corrected chi connectivity index (χ0v) is 16.4. The van der Waals surface area contributed by atoms with Gasteiger partial charge in [0.25, 0.3) is 6.43 Å². The number of aromatic nitrogens is 8. The molecule has 0 saturated heterocycles. The molecule has 0 aliphatic carbocycles. The van der Waals surface area contributed by atoms with Gasteiger partial charge in [0.15, 0.2) is 17.1 Å². The Hall–Kier alpha value is -3.89. The lowest BCUT2D eigenvalue weighted by Gasteiger charge is -2.32. The summed E-state index contributed by atoms with van der Waals surface area (Å²) in [6.07, 6.45) is 2.46. The van der Waals surface area contributed by atoms with Crippen LogP contribution in [-0.2, 0) is 7.05 Å². The van der Waals surface area contributed by atoms with Gasteiger partial charge >= 0.3 is 0 Å². The van der Waals surface area contributed by atoms with Gasteiger partial charge in [0.1, 0.15) is 18.2 Å². The molecule has 1 aromatic carbocycles. The second-order valence-electron chi connectivity index (χ2n) is 7.55. The molecule has 1 aliphatic rings. The summed E-state index contributed by atoms with van der Waals surface area (Å²) < 4.78 is 32.4. The van der Waals surface area contributed by atoms with Crippen LogP contribution in [0.25, 0.3) is 28.1 Å². The molecule has 0 bridgehead atoms. The second kappa shape index (κ2) is 6.56. The van der Waals surface area contributed by atoms with E-state index in [4.69, 9.17) is 0 Å². The summed E-state index contributed by atoms with van der Waals surface area (Å²) in [5.74, 6) is 0.866. The Kier molecular flexibility index (Phi) is 3.79. The van der Waals surface area contributed by atoms with Crippen LogP contribution >= 0.6 is 0 Å². The zero-order valence-electron chi connectivity index (χ0n) is 16.4. The van der Waals surface area contributed by atoms with Crippen molar-refractivity contribution in [2.75, 3.05) is 5.32 Å². The van der Waals surface area contributed by atoms with E-state index in [9.17, 15) is 8.78 Å². The first-order valence-corrected chi connectivity index (χ1v) is 9.81. The van der Waals surface area contributed by atoms with Crippen LogP contribution in [-0.4, -0.2) is 45.6 Å². The summed E-state index contributed by atoms with van der Waals surface area (Å²) in [5.41, 5.74) is 2.78. The SMILES string of the molecule is Cn1ncc2c1ncn1nc(-c3cnn4c3N[C@@H](c3ccccc3)C[C@@H]4C(F)F)nc21. The number of rotatable bonds is 3. The minimum Gasteiger partial charge on any atom is -0.363 e.